The summed E-state index contributed by atoms with van der Waals surface area (Å²) >= 11 is 11.8. The van der Waals surface area contributed by atoms with E-state index in [4.69, 9.17) is 23.2 Å². The summed E-state index contributed by atoms with van der Waals surface area (Å²) in [5.74, 6) is -0.944. The van der Waals surface area contributed by atoms with Gasteiger partial charge >= 0.3 is 6.03 Å². The molecule has 1 aliphatic carbocycles. The van der Waals surface area contributed by atoms with Crippen molar-refractivity contribution in [3.8, 4) is 0 Å². The van der Waals surface area contributed by atoms with Gasteiger partial charge in [-0.2, -0.15) is 0 Å². The number of nitrogens with one attached hydrogen (secondary N) is 3. The minimum absolute atomic E-state index is 0.0731. The molecular weight excluding hydrogens is 392 g/mol. The molecule has 0 spiro atoms. The highest BCUT2D eigenvalue weighted by molar-refractivity contribution is 6.35. The van der Waals surface area contributed by atoms with Crippen LogP contribution in [0.1, 0.15) is 41.7 Å². The van der Waals surface area contributed by atoms with E-state index in [1.807, 2.05) is 0 Å². The zero-order chi connectivity index (χ0) is 19.6. The lowest BCUT2D eigenvalue weighted by atomic mass is 10.1. The van der Waals surface area contributed by atoms with E-state index in [-0.39, 0.29) is 28.0 Å². The molecular formula is C19H18Cl2FN3O2. The largest absolute Gasteiger partial charge is 0.345 e. The maximum absolute atomic E-state index is 13.7. The molecule has 0 aromatic heterocycles. The Morgan fingerprint density at radius 1 is 1.11 bits per heavy atom. The second-order valence-corrected chi connectivity index (χ2v) is 7.25. The van der Waals surface area contributed by atoms with Gasteiger partial charge in [0.25, 0.3) is 5.91 Å². The first-order chi connectivity index (χ1) is 12.8. The van der Waals surface area contributed by atoms with Crippen LogP contribution in [-0.2, 0) is 0 Å². The minimum Gasteiger partial charge on any atom is -0.345 e. The Bertz CT molecular complexity index is 870. The van der Waals surface area contributed by atoms with Gasteiger partial charge < -0.3 is 16.0 Å². The highest BCUT2D eigenvalue weighted by Gasteiger charge is 2.23. The van der Waals surface area contributed by atoms with Gasteiger partial charge in [0.05, 0.1) is 11.1 Å². The van der Waals surface area contributed by atoms with E-state index >= 15 is 0 Å². The van der Waals surface area contributed by atoms with Gasteiger partial charge in [-0.3, -0.25) is 4.79 Å². The molecule has 5 nitrogen and oxygen atoms in total. The predicted octanol–water partition coefficient (Wildman–Crippen LogP) is 4.91. The monoisotopic (exact) mass is 409 g/mol. The van der Waals surface area contributed by atoms with E-state index in [1.54, 1.807) is 31.2 Å². The summed E-state index contributed by atoms with van der Waals surface area (Å²) in [6.07, 6.45) is 2.01. The third-order valence-corrected chi connectivity index (χ3v) is 4.79. The van der Waals surface area contributed by atoms with E-state index in [0.29, 0.717) is 16.8 Å². The quantitative estimate of drug-likeness (QED) is 0.614. The fraction of sp³-hybridized carbons (Fsp3) is 0.263. The van der Waals surface area contributed by atoms with Gasteiger partial charge in [0.2, 0.25) is 0 Å². The van der Waals surface area contributed by atoms with E-state index in [9.17, 15) is 14.0 Å². The molecule has 142 valence electrons. The highest BCUT2D eigenvalue weighted by Crippen LogP contribution is 2.28. The third-order valence-electron chi connectivity index (χ3n) is 4.17. The van der Waals surface area contributed by atoms with Crippen molar-refractivity contribution in [2.24, 2.45) is 0 Å². The van der Waals surface area contributed by atoms with Gasteiger partial charge in [-0.1, -0.05) is 23.2 Å². The van der Waals surface area contributed by atoms with Crippen molar-refractivity contribution in [1.29, 1.82) is 0 Å². The van der Waals surface area contributed by atoms with Crippen molar-refractivity contribution in [2.45, 2.75) is 31.8 Å². The van der Waals surface area contributed by atoms with Gasteiger partial charge in [0.1, 0.15) is 5.82 Å². The van der Waals surface area contributed by atoms with Crippen molar-refractivity contribution < 1.29 is 14.0 Å². The Labute approximate surface area is 166 Å². The Morgan fingerprint density at radius 3 is 2.41 bits per heavy atom. The summed E-state index contributed by atoms with van der Waals surface area (Å²) in [4.78, 5) is 24.1. The smallest absolute Gasteiger partial charge is 0.319 e. The summed E-state index contributed by atoms with van der Waals surface area (Å²) in [6, 6.07) is 8.48. The summed E-state index contributed by atoms with van der Waals surface area (Å²) in [5.41, 5.74) is 1.42. The van der Waals surface area contributed by atoms with E-state index in [0.717, 1.165) is 12.8 Å². The molecule has 0 saturated heterocycles. The van der Waals surface area contributed by atoms with Gasteiger partial charge in [-0.05, 0) is 61.7 Å². The SMILES string of the molecule is CC(NC(=O)c1ccc(NC(=O)NC2CC2)cc1)c1cc(F)c(Cl)cc1Cl. The summed E-state index contributed by atoms with van der Waals surface area (Å²) in [5, 5.41) is 8.49. The number of anilines is 1. The first-order valence-electron chi connectivity index (χ1n) is 8.46. The van der Waals surface area contributed by atoms with Crippen LogP contribution in [0.15, 0.2) is 36.4 Å². The number of amides is 3. The molecule has 2 aromatic rings. The van der Waals surface area contributed by atoms with Crippen molar-refractivity contribution in [3.63, 3.8) is 0 Å². The second-order valence-electron chi connectivity index (χ2n) is 6.43. The van der Waals surface area contributed by atoms with Crippen LogP contribution >= 0.6 is 23.2 Å². The van der Waals surface area contributed by atoms with Crippen molar-refractivity contribution >= 4 is 40.8 Å². The van der Waals surface area contributed by atoms with Crippen LogP contribution < -0.4 is 16.0 Å². The third kappa shape index (κ3) is 5.11. The number of benzene rings is 2. The number of hydrogen-bond acceptors (Lipinski definition) is 2. The molecule has 3 N–H and O–H groups in total. The average molecular weight is 410 g/mol. The highest BCUT2D eigenvalue weighted by atomic mass is 35.5. The van der Waals surface area contributed by atoms with Crippen LogP contribution in [0.4, 0.5) is 14.9 Å². The number of halogens is 3. The molecule has 1 fully saturated rings. The molecule has 3 rings (SSSR count). The van der Waals surface area contributed by atoms with Crippen LogP contribution in [-0.4, -0.2) is 18.0 Å². The molecule has 1 saturated carbocycles. The summed E-state index contributed by atoms with van der Waals surface area (Å²) in [7, 11) is 0. The van der Waals surface area contributed by atoms with Crippen molar-refractivity contribution in [2.75, 3.05) is 5.32 Å². The molecule has 3 amide bonds. The zero-order valence-electron chi connectivity index (χ0n) is 14.5. The van der Waals surface area contributed by atoms with Gasteiger partial charge in [0.15, 0.2) is 0 Å². The van der Waals surface area contributed by atoms with Crippen LogP contribution in [0.5, 0.6) is 0 Å². The number of carbonyl (C=O) groups excluding carboxylic acids is 2. The minimum atomic E-state index is -0.600. The number of carbonyl (C=O) groups is 2. The summed E-state index contributed by atoms with van der Waals surface area (Å²) in [6.45, 7) is 1.70. The van der Waals surface area contributed by atoms with Gasteiger partial charge in [-0.25, -0.2) is 9.18 Å². The van der Waals surface area contributed by atoms with Gasteiger partial charge in [-0.15, -0.1) is 0 Å². The van der Waals surface area contributed by atoms with Crippen LogP contribution in [0.3, 0.4) is 0 Å². The number of hydrogen-bond donors (Lipinski definition) is 3. The van der Waals surface area contributed by atoms with E-state index < -0.39 is 11.9 Å². The number of urea groups is 1. The second kappa shape index (κ2) is 8.15. The number of rotatable bonds is 5. The molecule has 0 bridgehead atoms. The first kappa shape index (κ1) is 19.5. The van der Waals surface area contributed by atoms with E-state index in [2.05, 4.69) is 16.0 Å². The van der Waals surface area contributed by atoms with Crippen LogP contribution in [0.2, 0.25) is 10.0 Å². The predicted molar refractivity (Wildman–Crippen MR) is 104 cm³/mol. The summed E-state index contributed by atoms with van der Waals surface area (Å²) < 4.78 is 13.7. The maximum Gasteiger partial charge on any atom is 0.319 e. The lowest BCUT2D eigenvalue weighted by Gasteiger charge is -2.16. The van der Waals surface area contributed by atoms with Crippen LogP contribution in [0.25, 0.3) is 0 Å². The van der Waals surface area contributed by atoms with Crippen molar-refractivity contribution in [3.05, 3.63) is 63.4 Å². The normalized spacial score (nSPS) is 14.4. The molecule has 0 aliphatic heterocycles. The standard InChI is InChI=1S/C19H18Cl2FN3O2/c1-10(14-8-17(22)16(21)9-15(14)20)23-18(26)11-2-4-12(5-3-11)24-19(27)25-13-6-7-13/h2-5,8-10,13H,6-7H2,1H3,(H,23,26)(H2,24,25,27). The Balaban J connectivity index is 1.61. The molecule has 1 atom stereocenters. The van der Waals surface area contributed by atoms with E-state index in [1.165, 1.54) is 12.1 Å². The topological polar surface area (TPSA) is 70.2 Å². The Hall–Kier alpha value is -2.31. The molecule has 1 aliphatic rings. The van der Waals surface area contributed by atoms with Crippen molar-refractivity contribution in [1.82, 2.24) is 10.6 Å². The fourth-order valence-electron chi connectivity index (χ4n) is 2.51. The Kier molecular flexibility index (Phi) is 5.87. The molecule has 0 radical (unpaired) electrons. The van der Waals surface area contributed by atoms with Gasteiger partial charge in [0, 0.05) is 22.3 Å². The molecule has 2 aromatic carbocycles. The lowest BCUT2D eigenvalue weighted by molar-refractivity contribution is 0.0940. The fourth-order valence-corrected chi connectivity index (χ4v) is 3.06. The first-order valence-corrected chi connectivity index (χ1v) is 9.22. The lowest BCUT2D eigenvalue weighted by Crippen LogP contribution is -2.30. The molecule has 8 heteroatoms. The Morgan fingerprint density at radius 2 is 1.78 bits per heavy atom. The molecule has 1 unspecified atom stereocenters. The average Bonchev–Trinajstić information content (AvgIpc) is 3.42. The molecule has 27 heavy (non-hydrogen) atoms. The zero-order valence-corrected chi connectivity index (χ0v) is 16.0. The van der Waals surface area contributed by atoms with Crippen LogP contribution in [0, 0.1) is 5.82 Å². The maximum atomic E-state index is 13.7. The molecule has 0 heterocycles.